The number of rotatable bonds is 4. The normalized spacial score (nSPS) is 11.5. The van der Waals surface area contributed by atoms with Gasteiger partial charge in [0.15, 0.2) is 0 Å². The number of aromatic nitrogens is 1. The zero-order chi connectivity index (χ0) is 24.1. The second kappa shape index (κ2) is 8.46. The summed E-state index contributed by atoms with van der Waals surface area (Å²) in [6, 6.07) is 33.2. The number of benzene rings is 5. The minimum atomic E-state index is -0.460. The van der Waals surface area contributed by atoms with Gasteiger partial charge in [0.05, 0.1) is 11.0 Å². The molecule has 1 aromatic heterocycles. The lowest BCUT2D eigenvalue weighted by Crippen LogP contribution is -2.11. The van der Waals surface area contributed by atoms with Gasteiger partial charge in [-0.05, 0) is 64.4 Å². The molecule has 6 aromatic rings. The lowest BCUT2D eigenvalue weighted by molar-refractivity contribution is 0.100. The second-order valence-corrected chi connectivity index (χ2v) is 9.40. The van der Waals surface area contributed by atoms with Gasteiger partial charge in [0.1, 0.15) is 0 Å². The molecular formula is C30H19Cl2N2O. The molecule has 0 aliphatic rings. The van der Waals surface area contributed by atoms with Gasteiger partial charge < -0.3 is 10.3 Å². The molecule has 6 rings (SSSR count). The predicted molar refractivity (Wildman–Crippen MR) is 145 cm³/mol. The molecular weight excluding hydrogens is 475 g/mol. The number of hydrogen-bond donors (Lipinski definition) is 1. The fourth-order valence-electron chi connectivity index (χ4n) is 4.91. The first-order valence-corrected chi connectivity index (χ1v) is 12.0. The summed E-state index contributed by atoms with van der Waals surface area (Å²) in [6.07, 6.45) is 0. The van der Waals surface area contributed by atoms with Crippen LogP contribution >= 0.6 is 23.2 Å². The maximum atomic E-state index is 12.3. The lowest BCUT2D eigenvalue weighted by atomic mass is 10.0. The van der Waals surface area contributed by atoms with Crippen LogP contribution in [0.2, 0.25) is 10.0 Å². The third-order valence-corrected chi connectivity index (χ3v) is 7.06. The SMILES string of the molecule is NC(=O)c1cccc2c1c1[c]cc(-c3ccc(Cl)cc3Cl)cc1n2Cc1cccc2ccccc12. The largest absolute Gasteiger partial charge is 0.366 e. The van der Waals surface area contributed by atoms with Gasteiger partial charge in [0, 0.05) is 38.5 Å². The molecule has 3 nitrogen and oxygen atoms in total. The number of amides is 1. The summed E-state index contributed by atoms with van der Waals surface area (Å²) >= 11 is 12.7. The van der Waals surface area contributed by atoms with Gasteiger partial charge in [-0.3, -0.25) is 4.79 Å². The topological polar surface area (TPSA) is 48.0 Å². The number of fused-ring (bicyclic) bond motifs is 4. The molecule has 0 atom stereocenters. The molecule has 0 unspecified atom stereocenters. The van der Waals surface area contributed by atoms with Gasteiger partial charge in [-0.2, -0.15) is 0 Å². The average Bonchev–Trinajstić information content (AvgIpc) is 3.17. The van der Waals surface area contributed by atoms with Gasteiger partial charge in [-0.25, -0.2) is 0 Å². The average molecular weight is 494 g/mol. The predicted octanol–water partition coefficient (Wildman–Crippen LogP) is 7.87. The highest BCUT2D eigenvalue weighted by Gasteiger charge is 2.18. The molecule has 0 aliphatic heterocycles. The van der Waals surface area contributed by atoms with Crippen LogP contribution in [0.1, 0.15) is 15.9 Å². The molecule has 0 aliphatic carbocycles. The fraction of sp³-hybridized carbons (Fsp3) is 0.0333. The Morgan fingerprint density at radius 3 is 2.51 bits per heavy atom. The van der Waals surface area contributed by atoms with Crippen LogP contribution in [0.3, 0.4) is 0 Å². The summed E-state index contributed by atoms with van der Waals surface area (Å²) in [7, 11) is 0. The number of nitrogens with zero attached hydrogens (tertiary/aromatic N) is 1. The third-order valence-electron chi connectivity index (χ3n) is 6.51. The van der Waals surface area contributed by atoms with Crippen LogP contribution < -0.4 is 5.73 Å². The maximum absolute atomic E-state index is 12.3. The standard InChI is InChI=1S/C30H19Cl2N2O/c31-21-12-14-23(26(32)16-21)19-11-13-24-28(15-19)34(27-10-4-9-25(29(24)27)30(33)35)17-20-7-3-6-18-5-1-2-8-22(18)20/h1-12,14-16H,17H2,(H2,33,35). The summed E-state index contributed by atoms with van der Waals surface area (Å²) in [5.74, 6) is -0.460. The summed E-state index contributed by atoms with van der Waals surface area (Å²) in [5.41, 5.74) is 11.1. The van der Waals surface area contributed by atoms with Crippen molar-refractivity contribution in [2.24, 2.45) is 5.73 Å². The van der Waals surface area contributed by atoms with Crippen molar-refractivity contribution in [3.8, 4) is 11.1 Å². The smallest absolute Gasteiger partial charge is 0.249 e. The van der Waals surface area contributed by atoms with E-state index in [9.17, 15) is 4.79 Å². The van der Waals surface area contributed by atoms with E-state index in [4.69, 9.17) is 28.9 Å². The number of halogens is 2. The zero-order valence-corrected chi connectivity index (χ0v) is 20.1. The molecule has 1 amide bonds. The molecule has 169 valence electrons. The Morgan fingerprint density at radius 2 is 1.69 bits per heavy atom. The van der Waals surface area contributed by atoms with Crippen molar-refractivity contribution in [2.75, 3.05) is 0 Å². The third kappa shape index (κ3) is 3.65. The Kier molecular flexibility index (Phi) is 5.25. The second-order valence-electron chi connectivity index (χ2n) is 8.56. The Labute approximate surface area is 212 Å². The van der Waals surface area contributed by atoms with Crippen molar-refractivity contribution < 1.29 is 4.79 Å². The molecule has 0 fully saturated rings. The molecule has 0 spiro atoms. The first-order chi connectivity index (χ1) is 17.0. The molecule has 0 bridgehead atoms. The van der Waals surface area contributed by atoms with E-state index in [0.717, 1.165) is 32.9 Å². The van der Waals surface area contributed by atoms with Crippen molar-refractivity contribution in [3.05, 3.63) is 118 Å². The van der Waals surface area contributed by atoms with Crippen LogP contribution in [0.15, 0.2) is 91.0 Å². The number of carbonyl (C=O) groups is 1. The van der Waals surface area contributed by atoms with Gasteiger partial charge >= 0.3 is 0 Å². The molecule has 2 N–H and O–H groups in total. The van der Waals surface area contributed by atoms with Crippen LogP contribution in [0.25, 0.3) is 43.7 Å². The molecule has 35 heavy (non-hydrogen) atoms. The fourth-order valence-corrected chi connectivity index (χ4v) is 5.43. The highest BCUT2D eigenvalue weighted by Crippen LogP contribution is 2.37. The lowest BCUT2D eigenvalue weighted by Gasteiger charge is -2.12. The Morgan fingerprint density at radius 1 is 0.886 bits per heavy atom. The van der Waals surface area contributed by atoms with Crippen molar-refractivity contribution in [1.29, 1.82) is 0 Å². The Balaban J connectivity index is 1.65. The molecule has 0 saturated heterocycles. The molecule has 1 heterocycles. The van der Waals surface area contributed by atoms with E-state index in [0.29, 0.717) is 22.2 Å². The van der Waals surface area contributed by atoms with E-state index in [1.54, 1.807) is 12.1 Å². The van der Waals surface area contributed by atoms with E-state index in [2.05, 4.69) is 53.1 Å². The number of nitrogens with two attached hydrogens (primary N) is 1. The van der Waals surface area contributed by atoms with Crippen molar-refractivity contribution >= 4 is 61.7 Å². The number of primary amides is 1. The van der Waals surface area contributed by atoms with Crippen LogP contribution in [-0.4, -0.2) is 10.5 Å². The Bertz CT molecular complexity index is 1780. The van der Waals surface area contributed by atoms with E-state index in [1.807, 2.05) is 36.4 Å². The van der Waals surface area contributed by atoms with Gasteiger partial charge in [0.2, 0.25) is 5.91 Å². The van der Waals surface area contributed by atoms with E-state index >= 15 is 0 Å². The van der Waals surface area contributed by atoms with Gasteiger partial charge in [0.25, 0.3) is 0 Å². The Hall–Kier alpha value is -3.79. The van der Waals surface area contributed by atoms with Crippen molar-refractivity contribution in [1.82, 2.24) is 4.57 Å². The minimum Gasteiger partial charge on any atom is -0.366 e. The monoisotopic (exact) mass is 493 g/mol. The van der Waals surface area contributed by atoms with E-state index < -0.39 is 5.91 Å². The molecule has 5 aromatic carbocycles. The quantitative estimate of drug-likeness (QED) is 0.266. The van der Waals surface area contributed by atoms with Gasteiger partial charge in [-0.15, -0.1) is 0 Å². The van der Waals surface area contributed by atoms with Crippen LogP contribution in [0.5, 0.6) is 0 Å². The summed E-state index contributed by atoms with van der Waals surface area (Å²) < 4.78 is 2.22. The van der Waals surface area contributed by atoms with Gasteiger partial charge in [-0.1, -0.05) is 77.8 Å². The summed E-state index contributed by atoms with van der Waals surface area (Å²) in [4.78, 5) is 12.3. The first-order valence-electron chi connectivity index (χ1n) is 11.2. The molecule has 1 radical (unpaired) electrons. The highest BCUT2D eigenvalue weighted by molar-refractivity contribution is 6.36. The van der Waals surface area contributed by atoms with Crippen LogP contribution in [0.4, 0.5) is 0 Å². The minimum absolute atomic E-state index is 0.460. The number of hydrogen-bond acceptors (Lipinski definition) is 1. The highest BCUT2D eigenvalue weighted by atomic mass is 35.5. The maximum Gasteiger partial charge on any atom is 0.249 e. The summed E-state index contributed by atoms with van der Waals surface area (Å²) in [5, 5.41) is 5.19. The number of carbonyl (C=O) groups excluding carboxylic acids is 1. The van der Waals surface area contributed by atoms with E-state index in [1.165, 1.54) is 16.3 Å². The van der Waals surface area contributed by atoms with Crippen molar-refractivity contribution in [3.63, 3.8) is 0 Å². The van der Waals surface area contributed by atoms with Crippen LogP contribution in [0, 0.1) is 6.07 Å². The van der Waals surface area contributed by atoms with E-state index in [-0.39, 0.29) is 0 Å². The summed E-state index contributed by atoms with van der Waals surface area (Å²) in [6.45, 7) is 0.620. The molecule has 5 heteroatoms. The molecule has 0 saturated carbocycles. The van der Waals surface area contributed by atoms with Crippen molar-refractivity contribution in [2.45, 2.75) is 6.54 Å². The van der Waals surface area contributed by atoms with Crippen LogP contribution in [-0.2, 0) is 6.54 Å². The zero-order valence-electron chi connectivity index (χ0n) is 18.6. The first kappa shape index (κ1) is 21.7.